The van der Waals surface area contributed by atoms with Crippen LogP contribution in [-0.4, -0.2) is 101 Å². The van der Waals surface area contributed by atoms with E-state index in [0.29, 0.717) is 50.6 Å². The van der Waals surface area contributed by atoms with Gasteiger partial charge in [-0.1, -0.05) is 0 Å². The van der Waals surface area contributed by atoms with E-state index in [0.717, 1.165) is 63.5 Å². The summed E-state index contributed by atoms with van der Waals surface area (Å²) in [5, 5.41) is 7.64. The van der Waals surface area contributed by atoms with Gasteiger partial charge in [-0.3, -0.25) is 14.9 Å². The molecule has 0 saturated carbocycles. The van der Waals surface area contributed by atoms with Crippen molar-refractivity contribution >= 4 is 63.3 Å². The van der Waals surface area contributed by atoms with Gasteiger partial charge >= 0.3 is 6.18 Å². The Balaban J connectivity index is 1.20. The van der Waals surface area contributed by atoms with E-state index in [9.17, 15) is 17.7 Å². The number of piperidine rings is 1. The third-order valence-electron chi connectivity index (χ3n) is 9.12. The lowest BCUT2D eigenvalue weighted by Crippen LogP contribution is -2.49. The molecule has 7 rings (SSSR count). The summed E-state index contributed by atoms with van der Waals surface area (Å²) in [4.78, 5) is 25.9. The second kappa shape index (κ2) is 13.7. The molecule has 0 spiro atoms. The number of aromatic nitrogens is 5. The summed E-state index contributed by atoms with van der Waals surface area (Å²) in [6.07, 6.45) is 2.22. The van der Waals surface area contributed by atoms with Gasteiger partial charge in [0.15, 0.2) is 6.61 Å². The molecule has 2 fully saturated rings. The van der Waals surface area contributed by atoms with Crippen molar-refractivity contribution in [1.29, 1.82) is 0 Å². The molecular weight excluding hydrogens is 670 g/mol. The van der Waals surface area contributed by atoms with Crippen LogP contribution in [0.3, 0.4) is 0 Å². The number of fused-ring (bicyclic) bond motifs is 2. The Kier molecular flexibility index (Phi) is 9.31. The summed E-state index contributed by atoms with van der Waals surface area (Å²) in [5.74, 6) is 0.554. The minimum Gasteiger partial charge on any atom is -0.482 e. The van der Waals surface area contributed by atoms with Gasteiger partial charge in [-0.2, -0.15) is 23.1 Å². The van der Waals surface area contributed by atoms with Crippen molar-refractivity contribution in [2.24, 2.45) is 0 Å². The molecule has 0 unspecified atom stereocenters. The fourth-order valence-corrected chi connectivity index (χ4v) is 8.21. The molecule has 12 nitrogen and oxygen atoms in total. The van der Waals surface area contributed by atoms with Gasteiger partial charge in [0.1, 0.15) is 29.9 Å². The first-order valence-corrected chi connectivity index (χ1v) is 19.1. The van der Waals surface area contributed by atoms with Gasteiger partial charge in [0.2, 0.25) is 5.95 Å². The van der Waals surface area contributed by atoms with Gasteiger partial charge in [0, 0.05) is 62.6 Å². The van der Waals surface area contributed by atoms with E-state index >= 15 is 0 Å². The Bertz CT molecular complexity index is 2050. The van der Waals surface area contributed by atoms with Crippen LogP contribution in [0.5, 0.6) is 5.75 Å². The van der Waals surface area contributed by atoms with E-state index in [2.05, 4.69) is 40.4 Å². The quantitative estimate of drug-likeness (QED) is 0.152. The van der Waals surface area contributed by atoms with Crippen LogP contribution in [0, 0.1) is 6.92 Å². The van der Waals surface area contributed by atoms with Crippen molar-refractivity contribution in [1.82, 2.24) is 29.8 Å². The maximum atomic E-state index is 13.5. The lowest BCUT2D eigenvalue weighted by atomic mass is 10.0. The highest BCUT2D eigenvalue weighted by Crippen LogP contribution is 2.42. The highest BCUT2D eigenvalue weighted by molar-refractivity contribution is 7.71. The van der Waals surface area contributed by atoms with Gasteiger partial charge in [0.25, 0.3) is 0 Å². The molecule has 0 radical (unpaired) electrons. The molecule has 3 aromatic heterocycles. The number of aromatic amines is 1. The third-order valence-corrected chi connectivity index (χ3v) is 10.7. The number of H-pyrrole nitrogens is 1. The molecule has 2 saturated heterocycles. The molecule has 0 bridgehead atoms. The van der Waals surface area contributed by atoms with E-state index in [-0.39, 0.29) is 11.7 Å². The molecule has 0 aliphatic carbocycles. The van der Waals surface area contributed by atoms with Crippen LogP contribution in [0.1, 0.15) is 18.4 Å². The molecule has 2 aliphatic heterocycles. The van der Waals surface area contributed by atoms with Crippen LogP contribution in [0.25, 0.3) is 22.1 Å². The van der Waals surface area contributed by atoms with E-state index < -0.39 is 19.9 Å². The summed E-state index contributed by atoms with van der Waals surface area (Å²) in [6.45, 7) is 8.70. The first-order valence-electron chi connectivity index (χ1n) is 16.5. The van der Waals surface area contributed by atoms with Crippen molar-refractivity contribution in [2.75, 3.05) is 74.9 Å². The average Bonchev–Trinajstić information content (AvgIpc) is 3.56. The number of hydrogen-bond donors (Lipinski definition) is 3. The molecule has 0 amide bonds. The number of benzene rings is 2. The lowest BCUT2D eigenvalue weighted by molar-refractivity contribution is -0.153. The Morgan fingerprint density at radius 1 is 1.00 bits per heavy atom. The number of alkyl halides is 3. The topological polar surface area (TPSA) is 133 Å². The van der Waals surface area contributed by atoms with Crippen LogP contribution >= 0.6 is 7.14 Å². The zero-order valence-corrected chi connectivity index (χ0v) is 28.9. The fraction of sp³-hybridized carbons (Fsp3) is 0.412. The van der Waals surface area contributed by atoms with Crippen LogP contribution in [-0.2, 0) is 9.30 Å². The van der Waals surface area contributed by atoms with Gasteiger partial charge < -0.3 is 34.6 Å². The SMILES string of the molecule is Cc1cc(Nc2nc(Nc3ccc4nccnc4c3P(C)(C)=O)c3cc[nH]c3n2)c(OCC(F)(F)F)cc1N1CCC(N2CCOCC2)CC1. The molecular formula is C34H39F3N9O3P. The molecule has 0 atom stereocenters. The molecule has 5 aromatic rings. The highest BCUT2D eigenvalue weighted by atomic mass is 31.2. The molecule has 2 aliphatic rings. The first-order chi connectivity index (χ1) is 23.9. The summed E-state index contributed by atoms with van der Waals surface area (Å²) in [5.41, 5.74) is 4.16. The van der Waals surface area contributed by atoms with Gasteiger partial charge in [-0.15, -0.1) is 0 Å². The van der Waals surface area contributed by atoms with Gasteiger partial charge in [0.05, 0.1) is 40.8 Å². The Labute approximate surface area is 287 Å². The molecule has 2 aromatic carbocycles. The average molecular weight is 710 g/mol. The summed E-state index contributed by atoms with van der Waals surface area (Å²) in [6, 6.07) is 9.29. The predicted molar refractivity (Wildman–Crippen MR) is 189 cm³/mol. The largest absolute Gasteiger partial charge is 0.482 e. The van der Waals surface area contributed by atoms with Crippen molar-refractivity contribution in [3.63, 3.8) is 0 Å². The summed E-state index contributed by atoms with van der Waals surface area (Å²) >= 11 is 0. The highest BCUT2D eigenvalue weighted by Gasteiger charge is 2.31. The van der Waals surface area contributed by atoms with Crippen LogP contribution in [0.4, 0.5) is 42.0 Å². The second-order valence-corrected chi connectivity index (χ2v) is 16.2. The molecule has 5 heterocycles. The van der Waals surface area contributed by atoms with E-state index in [1.54, 1.807) is 62.3 Å². The summed E-state index contributed by atoms with van der Waals surface area (Å²) in [7, 11) is -2.86. The number of aryl methyl sites for hydroxylation is 1. The Morgan fingerprint density at radius 2 is 1.76 bits per heavy atom. The zero-order valence-electron chi connectivity index (χ0n) is 28.0. The smallest absolute Gasteiger partial charge is 0.422 e. The number of halogens is 3. The van der Waals surface area contributed by atoms with Crippen LogP contribution in [0.2, 0.25) is 0 Å². The number of hydrogen-bond acceptors (Lipinski definition) is 11. The van der Waals surface area contributed by atoms with E-state index in [1.807, 2.05) is 6.92 Å². The zero-order chi connectivity index (χ0) is 35.0. The minimum atomic E-state index is -4.53. The van der Waals surface area contributed by atoms with E-state index in [1.165, 1.54) is 0 Å². The lowest BCUT2D eigenvalue weighted by Gasteiger charge is -2.41. The summed E-state index contributed by atoms with van der Waals surface area (Å²) < 4.78 is 64.7. The van der Waals surface area contributed by atoms with Gasteiger partial charge in [-0.05, 0) is 62.9 Å². The van der Waals surface area contributed by atoms with Crippen molar-refractivity contribution < 1.29 is 27.2 Å². The molecule has 264 valence electrons. The monoisotopic (exact) mass is 709 g/mol. The van der Waals surface area contributed by atoms with Crippen LogP contribution in [0.15, 0.2) is 48.9 Å². The maximum absolute atomic E-state index is 13.5. The van der Waals surface area contributed by atoms with E-state index in [4.69, 9.17) is 14.5 Å². The van der Waals surface area contributed by atoms with Crippen molar-refractivity contribution in [2.45, 2.75) is 32.0 Å². The second-order valence-electron chi connectivity index (χ2n) is 13.0. The number of morpholine rings is 1. The molecule has 50 heavy (non-hydrogen) atoms. The number of rotatable bonds is 9. The number of ether oxygens (including phenoxy) is 2. The van der Waals surface area contributed by atoms with Crippen molar-refractivity contribution in [3.8, 4) is 5.75 Å². The molecule has 16 heteroatoms. The van der Waals surface area contributed by atoms with Crippen LogP contribution < -0.4 is 25.6 Å². The first kappa shape index (κ1) is 34.0. The Hall–Kier alpha value is -4.46. The maximum Gasteiger partial charge on any atom is 0.422 e. The standard InChI is InChI=1S/C34H39F3N9O3P/c1-21-18-26(28(49-20-34(35,36)37)19-27(21)46-12-7-22(8-13-46)45-14-16-48-17-15-45)42-33-43-31-23(6-9-40-31)32(44-33)41-25-5-4-24-29(39-11-10-38-24)30(25)50(2,3)47/h4-6,9-11,18-19,22H,7-8,12-17,20H2,1-3H3,(H3,40,41,42,43,44). The Morgan fingerprint density at radius 3 is 2.50 bits per heavy atom. The van der Waals surface area contributed by atoms with Crippen molar-refractivity contribution in [3.05, 3.63) is 54.5 Å². The third kappa shape index (κ3) is 7.35. The number of nitrogens with one attached hydrogen (secondary N) is 3. The minimum absolute atomic E-state index is 0.0382. The van der Waals surface area contributed by atoms with Gasteiger partial charge in [-0.25, -0.2) is 0 Å². The molecule has 3 N–H and O–H groups in total. The number of anilines is 5. The predicted octanol–water partition coefficient (Wildman–Crippen LogP) is 6.19. The normalized spacial score (nSPS) is 16.6. The fourth-order valence-electron chi connectivity index (χ4n) is 6.82. The number of nitrogens with zero attached hydrogens (tertiary/aromatic N) is 6.